The van der Waals surface area contributed by atoms with Crippen LogP contribution in [0.4, 0.5) is 0 Å². The van der Waals surface area contributed by atoms with Crippen molar-refractivity contribution in [2.24, 2.45) is 5.41 Å². The van der Waals surface area contributed by atoms with E-state index in [0.717, 1.165) is 19.4 Å². The quantitative estimate of drug-likeness (QED) is 0.344. The van der Waals surface area contributed by atoms with Crippen molar-refractivity contribution in [3.63, 3.8) is 0 Å². The van der Waals surface area contributed by atoms with E-state index in [1.54, 1.807) is 0 Å². The van der Waals surface area contributed by atoms with Crippen LogP contribution in [0.5, 0.6) is 0 Å². The summed E-state index contributed by atoms with van der Waals surface area (Å²) in [7, 11) is 0. The average Bonchev–Trinajstić information content (AvgIpc) is 1.90. The molecule has 0 amide bonds. The molecule has 0 fully saturated rings. The first-order valence-electron chi connectivity index (χ1n) is 3.69. The molecule has 0 nitrogen and oxygen atoms in total. The number of rotatable bonds is 0. The van der Waals surface area contributed by atoms with Crippen LogP contribution in [0.25, 0.3) is 0 Å². The van der Waals surface area contributed by atoms with E-state index in [2.05, 4.69) is 50.8 Å². The molecule has 0 aromatic carbocycles. The predicted molar refractivity (Wildman–Crippen MR) is 50.8 cm³/mol. The first-order valence-corrected chi connectivity index (χ1v) is 6.85. The first-order chi connectivity index (χ1) is 5.29. The fourth-order valence-corrected chi connectivity index (χ4v) is 0. The zero-order valence-corrected chi connectivity index (χ0v) is 18.1. The van der Waals surface area contributed by atoms with Gasteiger partial charge in [-0.05, 0) is 0 Å². The topological polar surface area (TPSA) is 0 Å². The van der Waals surface area contributed by atoms with Crippen LogP contribution in [0, 0.1) is 11.3 Å². The molecular weight excluding hydrogens is 672 g/mol. The molecular formula is C10H19W3-. The average molecular weight is 691 g/mol. The van der Waals surface area contributed by atoms with Gasteiger partial charge in [-0.2, -0.15) is 20.8 Å². The van der Waals surface area contributed by atoms with Gasteiger partial charge in [-0.15, -0.1) is 0 Å². The third kappa shape index (κ3) is 83.3. The molecule has 0 saturated carbocycles. The molecule has 0 aromatic rings. The van der Waals surface area contributed by atoms with Crippen LogP contribution in [-0.2, 0) is 59.8 Å². The second-order valence-electron chi connectivity index (χ2n) is 3.85. The molecule has 0 aliphatic rings. The maximum Gasteiger partial charge on any atom is 2.00 e. The van der Waals surface area contributed by atoms with Gasteiger partial charge in [0.05, 0.1) is 0 Å². The summed E-state index contributed by atoms with van der Waals surface area (Å²) in [5, 5.41) is 0. The molecule has 0 bridgehead atoms. The van der Waals surface area contributed by atoms with E-state index in [4.69, 9.17) is 0 Å². The summed E-state index contributed by atoms with van der Waals surface area (Å²) < 4.78 is 3.19. The Morgan fingerprint density at radius 3 is 1.15 bits per heavy atom. The van der Waals surface area contributed by atoms with Crippen LogP contribution >= 0.6 is 0 Å². The van der Waals surface area contributed by atoms with E-state index >= 15 is 0 Å². The molecule has 0 rings (SSSR count). The Labute approximate surface area is 121 Å². The second-order valence-corrected chi connectivity index (χ2v) is 4.59. The minimum Gasteiger partial charge on any atom is 2.00 e. The molecule has 0 radical (unpaired) electrons. The van der Waals surface area contributed by atoms with Crippen molar-refractivity contribution in [3.05, 3.63) is 5.92 Å². The van der Waals surface area contributed by atoms with Crippen LogP contribution in [-0.4, -0.2) is 9.30 Å². The monoisotopic (exact) mass is 691 g/mol. The molecule has 0 atom stereocenters. The molecule has 13 heavy (non-hydrogen) atoms. The third-order valence-electron chi connectivity index (χ3n) is 0.306. The van der Waals surface area contributed by atoms with Gasteiger partial charge in [0.1, 0.15) is 0 Å². The zero-order chi connectivity index (χ0) is 10.8. The van der Waals surface area contributed by atoms with E-state index in [1.165, 1.54) is 25.3 Å². The fraction of sp³-hybridized carbons (Fsp3) is 0.700. The van der Waals surface area contributed by atoms with Crippen LogP contribution in [0.1, 0.15) is 41.5 Å². The van der Waals surface area contributed by atoms with E-state index in [9.17, 15) is 0 Å². The van der Waals surface area contributed by atoms with Gasteiger partial charge in [0.2, 0.25) is 0 Å². The Kier molecular flexibility index (Phi) is 30.2. The molecule has 0 aliphatic carbocycles. The van der Waals surface area contributed by atoms with E-state index < -0.39 is 0 Å². The Bertz CT molecular complexity index is 90.1. The summed E-state index contributed by atoms with van der Waals surface area (Å²) in [4.78, 5) is 4.58. The van der Waals surface area contributed by atoms with Gasteiger partial charge < -0.3 is 5.92 Å². The molecule has 0 spiro atoms. The normalized spacial score (nSPS) is 8.23. The van der Waals surface area contributed by atoms with Crippen molar-refractivity contribution in [1.82, 2.24) is 0 Å². The third-order valence-corrected chi connectivity index (χ3v) is 2.51. The summed E-state index contributed by atoms with van der Waals surface area (Å²) >= 11 is 2.53. The van der Waals surface area contributed by atoms with Crippen molar-refractivity contribution >= 4 is 9.30 Å². The van der Waals surface area contributed by atoms with Crippen molar-refractivity contribution in [2.45, 2.75) is 41.5 Å². The van der Waals surface area contributed by atoms with E-state index in [0.29, 0.717) is 5.41 Å². The van der Waals surface area contributed by atoms with Crippen LogP contribution in [0.3, 0.4) is 0 Å². The maximum absolute atomic E-state index is 4.58. The second kappa shape index (κ2) is 16.2. The number of hydrogen-bond acceptors (Lipinski definition) is 0. The van der Waals surface area contributed by atoms with Crippen molar-refractivity contribution in [3.8, 4) is 0 Å². The summed E-state index contributed by atoms with van der Waals surface area (Å²) in [6, 6.07) is 0. The van der Waals surface area contributed by atoms with Gasteiger partial charge in [-0.25, -0.2) is 0 Å². The molecule has 0 aliphatic heterocycles. The van der Waals surface area contributed by atoms with E-state index in [1.807, 2.05) is 0 Å². The maximum atomic E-state index is 4.58. The van der Waals surface area contributed by atoms with Crippen LogP contribution in [0.15, 0.2) is 0 Å². The van der Waals surface area contributed by atoms with Crippen molar-refractivity contribution in [2.75, 3.05) is 0 Å². The summed E-state index contributed by atoms with van der Waals surface area (Å²) in [5.74, 6) is 1.42. The molecule has 78 valence electrons. The fourth-order valence-electron chi connectivity index (χ4n) is 0. The number of hydrogen-bond donors (Lipinski definition) is 0. The van der Waals surface area contributed by atoms with Gasteiger partial charge in [-0.1, -0.05) is 0 Å². The molecule has 0 unspecified atom stereocenters. The minimum absolute atomic E-state index is 0. The Balaban J connectivity index is -0.0000000512. The molecule has 3 heteroatoms. The summed E-state index contributed by atoms with van der Waals surface area (Å²) in [6.45, 7) is 12.7. The Morgan fingerprint density at radius 2 is 1.15 bits per heavy atom. The van der Waals surface area contributed by atoms with Crippen molar-refractivity contribution < 1.29 is 59.8 Å². The Hall–Kier alpha value is 1.80. The van der Waals surface area contributed by atoms with Gasteiger partial charge in [-0.3, -0.25) is 0 Å². The zero-order valence-electron chi connectivity index (χ0n) is 9.30. The summed E-state index contributed by atoms with van der Waals surface area (Å²) in [5.41, 5.74) is 0.329. The molecule has 0 saturated heterocycles. The van der Waals surface area contributed by atoms with Crippen LogP contribution < -0.4 is 0 Å². The molecule has 0 aromatic heterocycles. The van der Waals surface area contributed by atoms with E-state index in [-0.39, 0.29) is 21.1 Å². The van der Waals surface area contributed by atoms with Gasteiger partial charge in [0, 0.05) is 0 Å². The smallest absolute Gasteiger partial charge is 2.00 e. The SMILES string of the molecule is CC(C)(C)[C-]=[W].C[C-](C)C.[CH-]=[W].[W+2]. The van der Waals surface area contributed by atoms with Gasteiger partial charge in [0.15, 0.2) is 0 Å². The Morgan fingerprint density at radius 1 is 1.08 bits per heavy atom. The first kappa shape index (κ1) is 24.2. The van der Waals surface area contributed by atoms with Crippen molar-refractivity contribution in [1.29, 1.82) is 0 Å². The predicted octanol–water partition coefficient (Wildman–Crippen LogP) is 2.72. The molecule has 0 N–H and O–H groups in total. The van der Waals surface area contributed by atoms with Gasteiger partial charge in [0.25, 0.3) is 0 Å². The summed E-state index contributed by atoms with van der Waals surface area (Å²) in [6.07, 6.45) is 0. The minimum atomic E-state index is 0. The van der Waals surface area contributed by atoms with Crippen LogP contribution in [0.2, 0.25) is 0 Å². The largest absolute Gasteiger partial charge is 2.00 e. The standard InChI is InChI=1S/C5H9.C4H9.CH.3W/c1-5(2,3)4;1-4(2)3;;;;/h1-3H3;1-3H3;1H;;;/q3*-1;;;+2. The van der Waals surface area contributed by atoms with Gasteiger partial charge >= 0.3 is 95.3 Å². The molecule has 0 heterocycles.